The zero-order chi connectivity index (χ0) is 16.9. The molecule has 2 unspecified atom stereocenters. The fraction of sp³-hybridized carbons (Fsp3) is 0.263. The maximum absolute atomic E-state index is 12.4. The number of nitrogens with one attached hydrogen (secondary N) is 1. The maximum atomic E-state index is 12.4. The van der Waals surface area contributed by atoms with Gasteiger partial charge >= 0.3 is 5.97 Å². The van der Waals surface area contributed by atoms with Crippen molar-refractivity contribution >= 4 is 11.9 Å². The molecule has 1 heterocycles. The Labute approximate surface area is 140 Å². The fourth-order valence-electron chi connectivity index (χ4n) is 2.88. The molecule has 3 rings (SSSR count). The highest BCUT2D eigenvalue weighted by molar-refractivity contribution is 5.81. The van der Waals surface area contributed by atoms with Gasteiger partial charge in [-0.1, -0.05) is 48.5 Å². The number of ether oxygens (including phenoxy) is 1. The van der Waals surface area contributed by atoms with E-state index in [9.17, 15) is 14.7 Å². The van der Waals surface area contributed by atoms with Gasteiger partial charge in [-0.25, -0.2) is 0 Å². The van der Waals surface area contributed by atoms with Gasteiger partial charge in [0.25, 0.3) is 0 Å². The first-order valence-electron chi connectivity index (χ1n) is 7.91. The SMILES string of the molecule is O=C(NCC(C(=O)O)c1ccccc1)C1COc2ccccc2C1. The molecule has 2 aromatic carbocycles. The molecule has 0 fully saturated rings. The van der Waals surface area contributed by atoms with Crippen LogP contribution in [0.25, 0.3) is 0 Å². The number of hydrogen-bond donors (Lipinski definition) is 2. The number of carbonyl (C=O) groups is 2. The zero-order valence-corrected chi connectivity index (χ0v) is 13.1. The van der Waals surface area contributed by atoms with E-state index < -0.39 is 11.9 Å². The number of fused-ring (bicyclic) bond motifs is 1. The summed E-state index contributed by atoms with van der Waals surface area (Å²) in [4.78, 5) is 23.9. The molecule has 2 atom stereocenters. The molecular formula is C19H19NO4. The van der Waals surface area contributed by atoms with Crippen molar-refractivity contribution in [2.45, 2.75) is 12.3 Å². The summed E-state index contributed by atoms with van der Waals surface area (Å²) in [5.74, 6) is -1.37. The average Bonchev–Trinajstić information content (AvgIpc) is 2.62. The number of para-hydroxylation sites is 1. The third kappa shape index (κ3) is 3.56. The molecule has 1 aliphatic rings. The number of aliphatic carboxylic acids is 1. The molecule has 2 aromatic rings. The van der Waals surface area contributed by atoms with Gasteiger partial charge in [0.15, 0.2) is 0 Å². The second-order valence-corrected chi connectivity index (χ2v) is 5.87. The van der Waals surface area contributed by atoms with Gasteiger partial charge in [0.05, 0.1) is 11.8 Å². The quantitative estimate of drug-likeness (QED) is 0.884. The highest BCUT2D eigenvalue weighted by Crippen LogP contribution is 2.27. The van der Waals surface area contributed by atoms with Gasteiger partial charge in [0.1, 0.15) is 12.4 Å². The van der Waals surface area contributed by atoms with E-state index in [-0.39, 0.29) is 18.4 Å². The first-order chi connectivity index (χ1) is 11.6. The minimum Gasteiger partial charge on any atom is -0.492 e. The Morgan fingerprint density at radius 3 is 2.58 bits per heavy atom. The van der Waals surface area contributed by atoms with Crippen LogP contribution < -0.4 is 10.1 Å². The van der Waals surface area contributed by atoms with E-state index in [0.717, 1.165) is 11.3 Å². The van der Waals surface area contributed by atoms with E-state index in [1.165, 1.54) is 0 Å². The second-order valence-electron chi connectivity index (χ2n) is 5.87. The van der Waals surface area contributed by atoms with Crippen LogP contribution in [0.1, 0.15) is 17.0 Å². The Hall–Kier alpha value is -2.82. The maximum Gasteiger partial charge on any atom is 0.312 e. The zero-order valence-electron chi connectivity index (χ0n) is 13.1. The summed E-state index contributed by atoms with van der Waals surface area (Å²) in [5.41, 5.74) is 1.68. The van der Waals surface area contributed by atoms with Crippen LogP contribution in [0.3, 0.4) is 0 Å². The van der Waals surface area contributed by atoms with Crippen molar-refractivity contribution in [2.24, 2.45) is 5.92 Å². The van der Waals surface area contributed by atoms with Gasteiger partial charge in [0, 0.05) is 6.54 Å². The minimum atomic E-state index is -0.952. The van der Waals surface area contributed by atoms with Crippen molar-refractivity contribution in [1.82, 2.24) is 5.32 Å². The van der Waals surface area contributed by atoms with Gasteiger partial charge in [-0.15, -0.1) is 0 Å². The summed E-state index contributed by atoms with van der Waals surface area (Å²) in [6, 6.07) is 16.6. The third-order valence-electron chi connectivity index (χ3n) is 4.23. The summed E-state index contributed by atoms with van der Waals surface area (Å²) in [6.07, 6.45) is 0.602. The van der Waals surface area contributed by atoms with Crippen molar-refractivity contribution in [3.8, 4) is 5.75 Å². The predicted octanol–water partition coefficient (Wildman–Crippen LogP) is 2.22. The highest BCUT2D eigenvalue weighted by atomic mass is 16.5. The minimum absolute atomic E-state index is 0.0658. The summed E-state index contributed by atoms with van der Waals surface area (Å²) < 4.78 is 5.62. The first-order valence-corrected chi connectivity index (χ1v) is 7.91. The van der Waals surface area contributed by atoms with Crippen molar-refractivity contribution < 1.29 is 19.4 Å². The second kappa shape index (κ2) is 7.17. The largest absolute Gasteiger partial charge is 0.492 e. The molecule has 0 bridgehead atoms. The molecule has 0 aliphatic carbocycles. The van der Waals surface area contributed by atoms with E-state index in [4.69, 9.17) is 4.74 Å². The van der Waals surface area contributed by atoms with Crippen molar-refractivity contribution in [3.63, 3.8) is 0 Å². The number of rotatable bonds is 5. The Kier molecular flexibility index (Phi) is 4.79. The predicted molar refractivity (Wildman–Crippen MR) is 89.0 cm³/mol. The van der Waals surface area contributed by atoms with E-state index in [1.807, 2.05) is 30.3 Å². The molecule has 0 aromatic heterocycles. The number of carbonyl (C=O) groups excluding carboxylic acids is 1. The van der Waals surface area contributed by atoms with Crippen molar-refractivity contribution in [3.05, 3.63) is 65.7 Å². The normalized spacial score (nSPS) is 17.2. The average molecular weight is 325 g/mol. The standard InChI is InChI=1S/C19H19NO4/c21-18(15-10-14-8-4-5-9-17(14)24-12-15)20-11-16(19(22)23)13-6-2-1-3-7-13/h1-9,15-16H,10-12H2,(H,20,21)(H,22,23). The first kappa shape index (κ1) is 16.1. The number of carboxylic acids is 1. The molecule has 0 saturated heterocycles. The molecule has 0 radical (unpaired) electrons. The molecule has 0 spiro atoms. The molecule has 2 N–H and O–H groups in total. The number of hydrogen-bond acceptors (Lipinski definition) is 3. The van der Waals surface area contributed by atoms with E-state index in [1.54, 1.807) is 24.3 Å². The van der Waals surface area contributed by atoms with Crippen LogP contribution in [0.5, 0.6) is 5.75 Å². The Morgan fingerprint density at radius 1 is 1.12 bits per heavy atom. The summed E-state index contributed by atoms with van der Waals surface area (Å²) in [5, 5.41) is 12.2. The highest BCUT2D eigenvalue weighted by Gasteiger charge is 2.27. The van der Waals surface area contributed by atoms with Gasteiger partial charge < -0.3 is 15.2 Å². The number of benzene rings is 2. The van der Waals surface area contributed by atoms with Crippen LogP contribution in [0.4, 0.5) is 0 Å². The van der Waals surface area contributed by atoms with Gasteiger partial charge in [-0.05, 0) is 23.6 Å². The van der Waals surface area contributed by atoms with Gasteiger partial charge in [0.2, 0.25) is 5.91 Å². The van der Waals surface area contributed by atoms with E-state index in [2.05, 4.69) is 5.32 Å². The number of amides is 1. The lowest BCUT2D eigenvalue weighted by atomic mass is 9.95. The fourth-order valence-corrected chi connectivity index (χ4v) is 2.88. The lowest BCUT2D eigenvalue weighted by Gasteiger charge is -2.25. The van der Waals surface area contributed by atoms with Crippen molar-refractivity contribution in [2.75, 3.05) is 13.2 Å². The van der Waals surface area contributed by atoms with E-state index >= 15 is 0 Å². The van der Waals surface area contributed by atoms with Crippen LogP contribution in [0.2, 0.25) is 0 Å². The van der Waals surface area contributed by atoms with Crippen LogP contribution in [-0.4, -0.2) is 30.1 Å². The molecule has 0 saturated carbocycles. The molecule has 5 nitrogen and oxygen atoms in total. The molecule has 24 heavy (non-hydrogen) atoms. The lowest BCUT2D eigenvalue weighted by Crippen LogP contribution is -2.40. The smallest absolute Gasteiger partial charge is 0.312 e. The Morgan fingerprint density at radius 2 is 1.83 bits per heavy atom. The summed E-state index contributed by atoms with van der Waals surface area (Å²) in [7, 11) is 0. The Balaban J connectivity index is 1.62. The van der Waals surface area contributed by atoms with Gasteiger partial charge in [-0.3, -0.25) is 9.59 Å². The molecule has 5 heteroatoms. The monoisotopic (exact) mass is 325 g/mol. The topological polar surface area (TPSA) is 75.6 Å². The van der Waals surface area contributed by atoms with Crippen LogP contribution in [-0.2, 0) is 16.0 Å². The Bertz CT molecular complexity index is 729. The van der Waals surface area contributed by atoms with Crippen LogP contribution >= 0.6 is 0 Å². The van der Waals surface area contributed by atoms with Crippen molar-refractivity contribution in [1.29, 1.82) is 0 Å². The molecule has 1 amide bonds. The number of carboxylic acid groups (broad SMARTS) is 1. The van der Waals surface area contributed by atoms with Gasteiger partial charge in [-0.2, -0.15) is 0 Å². The summed E-state index contributed by atoms with van der Waals surface area (Å²) >= 11 is 0. The lowest BCUT2D eigenvalue weighted by molar-refractivity contribution is -0.138. The third-order valence-corrected chi connectivity index (χ3v) is 4.23. The van der Waals surface area contributed by atoms with Crippen LogP contribution in [0.15, 0.2) is 54.6 Å². The summed E-state index contributed by atoms with van der Waals surface area (Å²) in [6.45, 7) is 0.377. The molecule has 1 aliphatic heterocycles. The van der Waals surface area contributed by atoms with E-state index in [0.29, 0.717) is 18.6 Å². The molecule has 124 valence electrons. The van der Waals surface area contributed by atoms with Crippen LogP contribution in [0, 0.1) is 5.92 Å². The molecular weight excluding hydrogens is 306 g/mol.